The zero-order chi connectivity index (χ0) is 23.0. The molecule has 5 nitrogen and oxygen atoms in total. The van der Waals surface area contributed by atoms with Crippen LogP contribution in [-0.4, -0.2) is 26.2 Å². The van der Waals surface area contributed by atoms with E-state index in [0.29, 0.717) is 28.2 Å². The third-order valence-electron chi connectivity index (χ3n) is 5.50. The van der Waals surface area contributed by atoms with Crippen molar-refractivity contribution in [2.24, 2.45) is 0 Å². The fraction of sp³-hybridized carbons (Fsp3) is 0.154. The van der Waals surface area contributed by atoms with Crippen LogP contribution in [0.25, 0.3) is 21.5 Å². The third kappa shape index (κ3) is 3.94. The zero-order valence-electron chi connectivity index (χ0n) is 18.1. The average Bonchev–Trinajstić information content (AvgIpc) is 2.78. The minimum Gasteiger partial charge on any atom is -0.497 e. The van der Waals surface area contributed by atoms with Crippen LogP contribution in [-0.2, 0) is 4.74 Å². The molecule has 162 valence electrons. The van der Waals surface area contributed by atoms with E-state index >= 15 is 0 Å². The van der Waals surface area contributed by atoms with Crippen molar-refractivity contribution in [3.05, 3.63) is 81.3 Å². The second-order valence-electron chi connectivity index (χ2n) is 7.53. The van der Waals surface area contributed by atoms with Crippen LogP contribution in [0.5, 0.6) is 11.5 Å². The number of halogens is 1. The molecule has 0 amide bonds. The van der Waals surface area contributed by atoms with Crippen molar-refractivity contribution in [2.45, 2.75) is 13.8 Å². The molecule has 0 N–H and O–H groups in total. The number of methoxy groups -OCH3 is 2. The van der Waals surface area contributed by atoms with E-state index in [1.165, 1.54) is 0 Å². The van der Waals surface area contributed by atoms with Gasteiger partial charge in [0.2, 0.25) is 0 Å². The summed E-state index contributed by atoms with van der Waals surface area (Å²) in [5.74, 6) is -0.0563. The van der Waals surface area contributed by atoms with Crippen molar-refractivity contribution >= 4 is 49.4 Å². The van der Waals surface area contributed by atoms with Gasteiger partial charge in [0.1, 0.15) is 11.5 Å². The summed E-state index contributed by atoms with van der Waals surface area (Å²) in [5, 5.41) is 3.53. The standard InChI is InChI=1S/C26H21BrO5/c1-14-9-16-5-7-19(30-3)11-18(16)12-20(14)25(28)32-26(29)21-13-22-17(10-15(21)2)6-8-23(31-4)24(22)27/h5-13H,1-4H3. The van der Waals surface area contributed by atoms with E-state index in [1.54, 1.807) is 26.4 Å². The lowest BCUT2D eigenvalue weighted by atomic mass is 10.0. The van der Waals surface area contributed by atoms with Crippen LogP contribution in [0, 0.1) is 13.8 Å². The van der Waals surface area contributed by atoms with Crippen LogP contribution < -0.4 is 9.47 Å². The molecule has 0 saturated carbocycles. The topological polar surface area (TPSA) is 61.8 Å². The molecular weight excluding hydrogens is 472 g/mol. The van der Waals surface area contributed by atoms with Crippen molar-refractivity contribution < 1.29 is 23.8 Å². The molecule has 0 aliphatic rings. The molecule has 0 unspecified atom stereocenters. The molecule has 6 heteroatoms. The summed E-state index contributed by atoms with van der Waals surface area (Å²) in [4.78, 5) is 25.8. The van der Waals surface area contributed by atoms with Gasteiger partial charge in [0.15, 0.2) is 0 Å². The maximum Gasteiger partial charge on any atom is 0.346 e. The summed E-state index contributed by atoms with van der Waals surface area (Å²) in [6, 6.07) is 16.6. The van der Waals surface area contributed by atoms with E-state index < -0.39 is 11.9 Å². The minimum absolute atomic E-state index is 0.319. The van der Waals surface area contributed by atoms with Crippen LogP contribution in [0.15, 0.2) is 59.1 Å². The minimum atomic E-state index is -0.700. The fourth-order valence-electron chi connectivity index (χ4n) is 3.74. The highest BCUT2D eigenvalue weighted by atomic mass is 79.9. The number of carbonyl (C=O) groups excluding carboxylic acids is 2. The Morgan fingerprint density at radius 2 is 1.34 bits per heavy atom. The lowest BCUT2D eigenvalue weighted by Gasteiger charge is -2.12. The van der Waals surface area contributed by atoms with E-state index in [4.69, 9.17) is 14.2 Å². The molecule has 0 aromatic heterocycles. The van der Waals surface area contributed by atoms with Crippen LogP contribution in [0.3, 0.4) is 0 Å². The molecule has 0 spiro atoms. The summed E-state index contributed by atoms with van der Waals surface area (Å²) in [6.45, 7) is 3.63. The lowest BCUT2D eigenvalue weighted by molar-refractivity contribution is 0.0397. The van der Waals surface area contributed by atoms with Gasteiger partial charge >= 0.3 is 11.9 Å². The highest BCUT2D eigenvalue weighted by Gasteiger charge is 2.20. The lowest BCUT2D eigenvalue weighted by Crippen LogP contribution is -2.15. The average molecular weight is 493 g/mol. The number of hydrogen-bond donors (Lipinski definition) is 0. The monoisotopic (exact) mass is 492 g/mol. The van der Waals surface area contributed by atoms with Gasteiger partial charge in [0.05, 0.1) is 29.8 Å². The summed E-state index contributed by atoms with van der Waals surface area (Å²) < 4.78 is 16.6. The Hall–Kier alpha value is -3.38. The van der Waals surface area contributed by atoms with Crippen molar-refractivity contribution in [1.29, 1.82) is 0 Å². The van der Waals surface area contributed by atoms with E-state index in [2.05, 4.69) is 15.9 Å². The van der Waals surface area contributed by atoms with Crippen molar-refractivity contribution in [3.8, 4) is 11.5 Å². The highest BCUT2D eigenvalue weighted by molar-refractivity contribution is 9.10. The molecule has 0 heterocycles. The molecule has 0 aliphatic carbocycles. The Morgan fingerprint density at radius 1 is 0.719 bits per heavy atom. The van der Waals surface area contributed by atoms with Crippen LogP contribution in [0.4, 0.5) is 0 Å². The maximum atomic E-state index is 12.9. The molecule has 0 aliphatic heterocycles. The molecule has 0 bridgehead atoms. The maximum absolute atomic E-state index is 12.9. The first-order valence-electron chi connectivity index (χ1n) is 9.94. The molecule has 0 atom stereocenters. The molecule has 0 fully saturated rings. The van der Waals surface area contributed by atoms with Gasteiger partial charge in [-0.15, -0.1) is 0 Å². The first-order chi connectivity index (χ1) is 15.3. The number of esters is 2. The number of aryl methyl sites for hydroxylation is 2. The number of benzene rings is 4. The highest BCUT2D eigenvalue weighted by Crippen LogP contribution is 2.34. The third-order valence-corrected chi connectivity index (χ3v) is 6.32. The van der Waals surface area contributed by atoms with Crippen LogP contribution in [0.1, 0.15) is 31.8 Å². The van der Waals surface area contributed by atoms with Gasteiger partial charge in [-0.05, 0) is 87.4 Å². The fourth-order valence-corrected chi connectivity index (χ4v) is 4.38. The molecule has 4 aromatic carbocycles. The first-order valence-corrected chi connectivity index (χ1v) is 10.7. The SMILES string of the molecule is COc1ccc2cc(C)c(C(=O)OC(=O)c3cc4c(Br)c(OC)ccc4cc3C)cc2c1. The van der Waals surface area contributed by atoms with Gasteiger partial charge in [0, 0.05) is 5.39 Å². The summed E-state index contributed by atoms with van der Waals surface area (Å²) in [5.41, 5.74) is 2.09. The summed E-state index contributed by atoms with van der Waals surface area (Å²) in [7, 11) is 3.17. The van der Waals surface area contributed by atoms with E-state index in [-0.39, 0.29) is 0 Å². The molecule has 4 rings (SSSR count). The van der Waals surface area contributed by atoms with Crippen molar-refractivity contribution in [1.82, 2.24) is 0 Å². The Labute approximate surface area is 194 Å². The second kappa shape index (κ2) is 8.63. The Morgan fingerprint density at radius 3 is 2.00 bits per heavy atom. The molecule has 32 heavy (non-hydrogen) atoms. The van der Waals surface area contributed by atoms with Gasteiger partial charge in [0.25, 0.3) is 0 Å². The van der Waals surface area contributed by atoms with Gasteiger partial charge in [-0.1, -0.05) is 24.3 Å². The van der Waals surface area contributed by atoms with Crippen molar-refractivity contribution in [3.63, 3.8) is 0 Å². The smallest absolute Gasteiger partial charge is 0.346 e. The Kier molecular flexibility index (Phi) is 5.89. The van der Waals surface area contributed by atoms with Gasteiger partial charge < -0.3 is 14.2 Å². The van der Waals surface area contributed by atoms with Crippen LogP contribution in [0.2, 0.25) is 0 Å². The number of rotatable bonds is 4. The summed E-state index contributed by atoms with van der Waals surface area (Å²) in [6.07, 6.45) is 0. The van der Waals surface area contributed by atoms with Crippen molar-refractivity contribution in [2.75, 3.05) is 14.2 Å². The largest absolute Gasteiger partial charge is 0.497 e. The first kappa shape index (κ1) is 21.8. The Bertz CT molecular complexity index is 1390. The predicted octanol–water partition coefficient (Wildman–Crippen LogP) is 6.39. The van der Waals surface area contributed by atoms with Gasteiger partial charge in [-0.25, -0.2) is 9.59 Å². The normalized spacial score (nSPS) is 10.9. The number of fused-ring (bicyclic) bond motifs is 2. The van der Waals surface area contributed by atoms with Gasteiger partial charge in [-0.2, -0.15) is 0 Å². The predicted molar refractivity (Wildman–Crippen MR) is 128 cm³/mol. The molecular formula is C26H21BrO5. The number of hydrogen-bond acceptors (Lipinski definition) is 5. The molecule has 0 saturated heterocycles. The van der Waals surface area contributed by atoms with Crippen LogP contribution >= 0.6 is 15.9 Å². The van der Waals surface area contributed by atoms with E-state index in [1.807, 2.05) is 56.3 Å². The quantitative estimate of drug-likeness (QED) is 0.244. The Balaban J connectivity index is 1.68. The molecule has 4 aromatic rings. The summed E-state index contributed by atoms with van der Waals surface area (Å²) >= 11 is 3.53. The van der Waals surface area contributed by atoms with E-state index in [0.717, 1.165) is 31.6 Å². The zero-order valence-corrected chi connectivity index (χ0v) is 19.7. The number of ether oxygens (including phenoxy) is 3. The van der Waals surface area contributed by atoms with Gasteiger partial charge in [-0.3, -0.25) is 0 Å². The van der Waals surface area contributed by atoms with E-state index in [9.17, 15) is 9.59 Å². The second-order valence-corrected chi connectivity index (χ2v) is 8.32. The molecule has 0 radical (unpaired) electrons. The number of carbonyl (C=O) groups is 2.